The van der Waals surface area contributed by atoms with Gasteiger partial charge in [0.05, 0.1) is 12.1 Å². The molecule has 0 aromatic carbocycles. The normalized spacial score (nSPS) is 23.8. The van der Waals surface area contributed by atoms with Crippen molar-refractivity contribution >= 4 is 5.91 Å². The molecule has 17 heavy (non-hydrogen) atoms. The molecule has 1 amide bonds. The molecule has 1 saturated heterocycles. The second-order valence-electron chi connectivity index (χ2n) is 4.27. The molecule has 0 bridgehead atoms. The molecule has 0 aliphatic carbocycles. The quantitative estimate of drug-likeness (QED) is 0.757. The SMILES string of the molecule is COC1CNC(C(=O)NCCn2cccc2)C1. The molecule has 2 rings (SSSR count). The predicted octanol–water partition coefficient (Wildman–Crippen LogP) is -0.0188. The molecule has 5 nitrogen and oxygen atoms in total. The van der Waals surface area contributed by atoms with Crippen LogP contribution in [0.15, 0.2) is 24.5 Å². The maximum atomic E-state index is 11.8. The predicted molar refractivity (Wildman–Crippen MR) is 64.6 cm³/mol. The number of aromatic nitrogens is 1. The molecule has 0 radical (unpaired) electrons. The van der Waals surface area contributed by atoms with Crippen LogP contribution in [0.25, 0.3) is 0 Å². The summed E-state index contributed by atoms with van der Waals surface area (Å²) in [5.41, 5.74) is 0. The molecule has 1 aromatic heterocycles. The molecule has 5 heteroatoms. The lowest BCUT2D eigenvalue weighted by atomic mass is 10.2. The van der Waals surface area contributed by atoms with Gasteiger partial charge in [-0.3, -0.25) is 4.79 Å². The van der Waals surface area contributed by atoms with Gasteiger partial charge in [-0.15, -0.1) is 0 Å². The van der Waals surface area contributed by atoms with E-state index in [0.29, 0.717) is 6.54 Å². The largest absolute Gasteiger partial charge is 0.380 e. The summed E-state index contributed by atoms with van der Waals surface area (Å²) in [6.45, 7) is 2.22. The van der Waals surface area contributed by atoms with E-state index in [9.17, 15) is 4.79 Å². The average molecular weight is 237 g/mol. The maximum Gasteiger partial charge on any atom is 0.237 e. The van der Waals surface area contributed by atoms with Crippen molar-refractivity contribution < 1.29 is 9.53 Å². The van der Waals surface area contributed by atoms with Crippen LogP contribution in [0.4, 0.5) is 0 Å². The summed E-state index contributed by atoms with van der Waals surface area (Å²) in [6.07, 6.45) is 4.89. The first kappa shape index (κ1) is 12.1. The number of amides is 1. The zero-order chi connectivity index (χ0) is 12.1. The molecule has 1 aliphatic rings. The van der Waals surface area contributed by atoms with Gasteiger partial charge in [0, 0.05) is 39.1 Å². The zero-order valence-electron chi connectivity index (χ0n) is 10.1. The van der Waals surface area contributed by atoms with E-state index in [4.69, 9.17) is 4.74 Å². The first-order valence-corrected chi connectivity index (χ1v) is 5.94. The summed E-state index contributed by atoms with van der Waals surface area (Å²) in [5, 5.41) is 6.09. The third kappa shape index (κ3) is 3.31. The van der Waals surface area contributed by atoms with Gasteiger partial charge in [-0.1, -0.05) is 0 Å². The van der Waals surface area contributed by atoms with Crippen molar-refractivity contribution in [3.8, 4) is 0 Å². The minimum atomic E-state index is -0.107. The van der Waals surface area contributed by atoms with Gasteiger partial charge < -0.3 is 19.9 Å². The number of ether oxygens (including phenoxy) is 1. The number of rotatable bonds is 5. The van der Waals surface area contributed by atoms with E-state index in [-0.39, 0.29) is 18.1 Å². The van der Waals surface area contributed by atoms with Gasteiger partial charge in [-0.2, -0.15) is 0 Å². The molecule has 2 N–H and O–H groups in total. The minimum Gasteiger partial charge on any atom is -0.380 e. The molecule has 0 spiro atoms. The smallest absolute Gasteiger partial charge is 0.237 e. The molecule has 94 valence electrons. The second-order valence-corrected chi connectivity index (χ2v) is 4.27. The third-order valence-corrected chi connectivity index (χ3v) is 3.08. The van der Waals surface area contributed by atoms with E-state index >= 15 is 0 Å². The Morgan fingerprint density at radius 1 is 1.53 bits per heavy atom. The number of hydrogen-bond acceptors (Lipinski definition) is 3. The second kappa shape index (κ2) is 5.84. The van der Waals surface area contributed by atoms with Crippen molar-refractivity contribution in [2.24, 2.45) is 0 Å². The van der Waals surface area contributed by atoms with Crippen molar-refractivity contribution in [1.82, 2.24) is 15.2 Å². The standard InChI is InChI=1S/C12H19N3O2/c1-17-10-8-11(14-9-10)12(16)13-4-7-15-5-2-3-6-15/h2-3,5-6,10-11,14H,4,7-9H2,1H3,(H,13,16). The molecule has 2 heterocycles. The molecular formula is C12H19N3O2. The lowest BCUT2D eigenvalue weighted by molar-refractivity contribution is -0.123. The summed E-state index contributed by atoms with van der Waals surface area (Å²) in [4.78, 5) is 11.8. The summed E-state index contributed by atoms with van der Waals surface area (Å²) >= 11 is 0. The summed E-state index contributed by atoms with van der Waals surface area (Å²) < 4.78 is 7.25. The lowest BCUT2D eigenvalue weighted by Gasteiger charge is -2.11. The number of nitrogens with one attached hydrogen (secondary N) is 2. The number of carbonyl (C=O) groups is 1. The Labute approximate surface area is 101 Å². The highest BCUT2D eigenvalue weighted by atomic mass is 16.5. The topological polar surface area (TPSA) is 55.3 Å². The number of nitrogens with zero attached hydrogens (tertiary/aromatic N) is 1. The molecule has 2 atom stereocenters. The van der Waals surface area contributed by atoms with Gasteiger partial charge in [0.15, 0.2) is 0 Å². The first-order valence-electron chi connectivity index (χ1n) is 5.94. The number of methoxy groups -OCH3 is 1. The van der Waals surface area contributed by atoms with Crippen LogP contribution in [-0.4, -0.2) is 42.8 Å². The molecular weight excluding hydrogens is 218 g/mol. The van der Waals surface area contributed by atoms with Gasteiger partial charge >= 0.3 is 0 Å². The van der Waals surface area contributed by atoms with Gasteiger partial charge in [0.25, 0.3) is 0 Å². The van der Waals surface area contributed by atoms with Gasteiger partial charge in [-0.25, -0.2) is 0 Å². The van der Waals surface area contributed by atoms with E-state index in [0.717, 1.165) is 19.5 Å². The fourth-order valence-corrected chi connectivity index (χ4v) is 2.03. The Morgan fingerprint density at radius 3 is 2.94 bits per heavy atom. The Hall–Kier alpha value is -1.33. The monoisotopic (exact) mass is 237 g/mol. The molecule has 2 unspecified atom stereocenters. The van der Waals surface area contributed by atoms with Crippen LogP contribution < -0.4 is 10.6 Å². The summed E-state index contributed by atoms with van der Waals surface area (Å²) in [7, 11) is 1.68. The van der Waals surface area contributed by atoms with E-state index in [1.54, 1.807) is 7.11 Å². The van der Waals surface area contributed by atoms with Crippen LogP contribution in [0.2, 0.25) is 0 Å². The maximum absolute atomic E-state index is 11.8. The molecule has 1 aromatic rings. The minimum absolute atomic E-state index is 0.0664. The molecule has 0 saturated carbocycles. The van der Waals surface area contributed by atoms with E-state index in [2.05, 4.69) is 10.6 Å². The van der Waals surface area contributed by atoms with Crippen molar-refractivity contribution in [1.29, 1.82) is 0 Å². The van der Waals surface area contributed by atoms with Crippen LogP contribution in [0.5, 0.6) is 0 Å². The number of hydrogen-bond donors (Lipinski definition) is 2. The van der Waals surface area contributed by atoms with Gasteiger partial charge in [-0.05, 0) is 18.6 Å². The van der Waals surface area contributed by atoms with Crippen molar-refractivity contribution in [2.45, 2.75) is 25.1 Å². The number of carbonyl (C=O) groups excluding carboxylic acids is 1. The van der Waals surface area contributed by atoms with E-state index in [1.807, 2.05) is 29.1 Å². The van der Waals surface area contributed by atoms with Crippen molar-refractivity contribution in [3.63, 3.8) is 0 Å². The molecule has 1 fully saturated rings. The average Bonchev–Trinajstić information content (AvgIpc) is 2.99. The van der Waals surface area contributed by atoms with Crippen LogP contribution in [-0.2, 0) is 16.1 Å². The van der Waals surface area contributed by atoms with Gasteiger partial charge in [0.1, 0.15) is 0 Å². The highest BCUT2D eigenvalue weighted by Gasteiger charge is 2.28. The van der Waals surface area contributed by atoms with Gasteiger partial charge in [0.2, 0.25) is 5.91 Å². The highest BCUT2D eigenvalue weighted by molar-refractivity contribution is 5.82. The third-order valence-electron chi connectivity index (χ3n) is 3.08. The van der Waals surface area contributed by atoms with Crippen LogP contribution in [0.1, 0.15) is 6.42 Å². The fraction of sp³-hybridized carbons (Fsp3) is 0.583. The van der Waals surface area contributed by atoms with Crippen molar-refractivity contribution in [3.05, 3.63) is 24.5 Å². The van der Waals surface area contributed by atoms with Crippen molar-refractivity contribution in [2.75, 3.05) is 20.2 Å². The van der Waals surface area contributed by atoms with E-state index in [1.165, 1.54) is 0 Å². The lowest BCUT2D eigenvalue weighted by Crippen LogP contribution is -2.41. The van der Waals surface area contributed by atoms with Crippen LogP contribution in [0.3, 0.4) is 0 Å². The Morgan fingerprint density at radius 2 is 2.29 bits per heavy atom. The fourth-order valence-electron chi connectivity index (χ4n) is 2.03. The first-order chi connectivity index (χ1) is 8.29. The van der Waals surface area contributed by atoms with Crippen LogP contribution >= 0.6 is 0 Å². The Bertz CT molecular complexity index is 351. The Balaban J connectivity index is 1.67. The van der Waals surface area contributed by atoms with Crippen LogP contribution in [0, 0.1) is 0 Å². The summed E-state index contributed by atoms with van der Waals surface area (Å²) in [6, 6.07) is 3.84. The summed E-state index contributed by atoms with van der Waals surface area (Å²) in [5.74, 6) is 0.0664. The zero-order valence-corrected chi connectivity index (χ0v) is 10.1. The Kier molecular flexibility index (Phi) is 4.17. The highest BCUT2D eigenvalue weighted by Crippen LogP contribution is 2.09. The molecule has 1 aliphatic heterocycles. The van der Waals surface area contributed by atoms with E-state index < -0.39 is 0 Å².